The minimum Gasteiger partial charge on any atom is -0.507 e. The SMILES string of the molecule is C[C@H](N)c1ccc(-c2c(O)ccc3ncc4sccc4c23)cc1. The molecule has 4 aromatic rings. The first-order valence-corrected chi connectivity index (χ1v) is 8.37. The number of nitrogens with two attached hydrogens (primary N) is 1. The Morgan fingerprint density at radius 3 is 2.61 bits per heavy atom. The molecule has 2 aromatic heterocycles. The predicted molar refractivity (Wildman–Crippen MR) is 96.8 cm³/mol. The van der Waals surface area contributed by atoms with Crippen molar-refractivity contribution in [3.8, 4) is 16.9 Å². The quantitative estimate of drug-likeness (QED) is 0.555. The van der Waals surface area contributed by atoms with E-state index in [1.165, 1.54) is 0 Å². The van der Waals surface area contributed by atoms with Gasteiger partial charge in [0.1, 0.15) is 5.75 Å². The number of aromatic nitrogens is 1. The standard InChI is InChI=1S/C19H16N2OS/c1-11(20)12-2-4-13(5-3-12)18-16(22)7-6-15-19(18)14-8-9-23-17(14)10-21-15/h2-11,22H,20H2,1H3/t11-/m0/s1. The molecule has 0 unspecified atom stereocenters. The van der Waals surface area contributed by atoms with E-state index < -0.39 is 0 Å². The van der Waals surface area contributed by atoms with E-state index in [0.717, 1.165) is 37.7 Å². The van der Waals surface area contributed by atoms with Crippen molar-refractivity contribution in [3.63, 3.8) is 0 Å². The van der Waals surface area contributed by atoms with Crippen molar-refractivity contribution in [2.24, 2.45) is 5.73 Å². The molecule has 3 nitrogen and oxygen atoms in total. The molecule has 0 aliphatic rings. The molecule has 2 heterocycles. The largest absolute Gasteiger partial charge is 0.507 e. The summed E-state index contributed by atoms with van der Waals surface area (Å²) in [7, 11) is 0. The zero-order chi connectivity index (χ0) is 16.0. The summed E-state index contributed by atoms with van der Waals surface area (Å²) in [5.74, 6) is 0.270. The molecule has 2 aromatic carbocycles. The van der Waals surface area contributed by atoms with Crippen LogP contribution in [-0.2, 0) is 0 Å². The normalized spacial score (nSPS) is 12.8. The van der Waals surface area contributed by atoms with Gasteiger partial charge in [-0.3, -0.25) is 4.98 Å². The highest BCUT2D eigenvalue weighted by molar-refractivity contribution is 7.17. The Kier molecular flexibility index (Phi) is 3.29. The molecule has 0 saturated heterocycles. The highest BCUT2D eigenvalue weighted by atomic mass is 32.1. The van der Waals surface area contributed by atoms with Crippen LogP contribution in [0, 0.1) is 0 Å². The van der Waals surface area contributed by atoms with E-state index >= 15 is 0 Å². The van der Waals surface area contributed by atoms with Gasteiger partial charge in [0.2, 0.25) is 0 Å². The fourth-order valence-electron chi connectivity index (χ4n) is 2.96. The van der Waals surface area contributed by atoms with Crippen molar-refractivity contribution in [1.29, 1.82) is 0 Å². The third-order valence-corrected chi connectivity index (χ3v) is 5.02. The number of benzene rings is 2. The molecule has 0 aliphatic carbocycles. The fraction of sp³-hybridized carbons (Fsp3) is 0.105. The summed E-state index contributed by atoms with van der Waals surface area (Å²) in [5.41, 5.74) is 9.69. The second-order valence-electron chi connectivity index (χ2n) is 5.72. The Morgan fingerprint density at radius 1 is 1.09 bits per heavy atom. The predicted octanol–water partition coefficient (Wildman–Crippen LogP) is 4.84. The van der Waals surface area contributed by atoms with Gasteiger partial charge in [-0.1, -0.05) is 24.3 Å². The van der Waals surface area contributed by atoms with E-state index in [4.69, 9.17) is 5.73 Å². The molecule has 0 radical (unpaired) electrons. The smallest absolute Gasteiger partial charge is 0.124 e. The van der Waals surface area contributed by atoms with Gasteiger partial charge in [-0.15, -0.1) is 11.3 Å². The molecule has 0 spiro atoms. The number of rotatable bonds is 2. The molecule has 0 saturated carbocycles. The zero-order valence-electron chi connectivity index (χ0n) is 12.7. The summed E-state index contributed by atoms with van der Waals surface area (Å²) in [6.45, 7) is 1.96. The molecule has 0 amide bonds. The fourth-order valence-corrected chi connectivity index (χ4v) is 3.72. The monoisotopic (exact) mass is 320 g/mol. The van der Waals surface area contributed by atoms with Crippen molar-refractivity contribution < 1.29 is 5.11 Å². The second-order valence-corrected chi connectivity index (χ2v) is 6.67. The Balaban J connectivity index is 2.05. The number of hydrogen-bond donors (Lipinski definition) is 2. The van der Waals surface area contributed by atoms with Crippen LogP contribution in [0.4, 0.5) is 0 Å². The number of aromatic hydroxyl groups is 1. The minimum absolute atomic E-state index is 0.00425. The van der Waals surface area contributed by atoms with Crippen LogP contribution in [0.15, 0.2) is 54.0 Å². The molecule has 3 N–H and O–H groups in total. The Hall–Kier alpha value is -2.43. The number of phenolic OH excluding ortho intramolecular Hbond substituents is 1. The summed E-state index contributed by atoms with van der Waals surface area (Å²) < 4.78 is 1.12. The van der Waals surface area contributed by atoms with E-state index in [0.29, 0.717) is 0 Å². The number of nitrogens with zero attached hydrogens (tertiary/aromatic N) is 1. The van der Waals surface area contributed by atoms with Crippen molar-refractivity contribution in [3.05, 3.63) is 59.6 Å². The van der Waals surface area contributed by atoms with Gasteiger partial charge in [0.05, 0.1) is 10.2 Å². The van der Waals surface area contributed by atoms with Crippen LogP contribution in [0.5, 0.6) is 5.75 Å². The van der Waals surface area contributed by atoms with Crippen LogP contribution < -0.4 is 5.73 Å². The Morgan fingerprint density at radius 2 is 1.87 bits per heavy atom. The van der Waals surface area contributed by atoms with E-state index in [2.05, 4.69) is 16.4 Å². The molecule has 4 rings (SSSR count). The number of pyridine rings is 1. The second kappa shape index (κ2) is 5.33. The lowest BCUT2D eigenvalue weighted by Gasteiger charge is -2.12. The number of thiophene rings is 1. The molecule has 0 aliphatic heterocycles. The number of phenols is 1. The van der Waals surface area contributed by atoms with Gasteiger partial charge in [-0.05, 0) is 41.6 Å². The number of hydrogen-bond acceptors (Lipinski definition) is 4. The van der Waals surface area contributed by atoms with Crippen LogP contribution >= 0.6 is 11.3 Å². The molecule has 0 bridgehead atoms. The van der Waals surface area contributed by atoms with E-state index in [-0.39, 0.29) is 11.8 Å². The first-order chi connectivity index (χ1) is 11.1. The molecule has 23 heavy (non-hydrogen) atoms. The van der Waals surface area contributed by atoms with Crippen LogP contribution in [0.25, 0.3) is 32.1 Å². The first-order valence-electron chi connectivity index (χ1n) is 7.49. The summed E-state index contributed by atoms with van der Waals surface area (Å²) in [6.07, 6.45) is 1.89. The topological polar surface area (TPSA) is 59.1 Å². The molecule has 114 valence electrons. The summed E-state index contributed by atoms with van der Waals surface area (Å²) >= 11 is 1.66. The molecular weight excluding hydrogens is 304 g/mol. The van der Waals surface area contributed by atoms with Crippen LogP contribution in [-0.4, -0.2) is 10.1 Å². The zero-order valence-corrected chi connectivity index (χ0v) is 13.5. The first kappa shape index (κ1) is 14.2. The lowest BCUT2D eigenvalue weighted by molar-refractivity contribution is 0.478. The maximum Gasteiger partial charge on any atom is 0.124 e. The maximum absolute atomic E-state index is 10.5. The highest BCUT2D eigenvalue weighted by Crippen LogP contribution is 2.40. The van der Waals surface area contributed by atoms with Gasteiger partial charge >= 0.3 is 0 Å². The Labute approximate surface area is 138 Å². The third-order valence-electron chi connectivity index (χ3n) is 4.17. The minimum atomic E-state index is -0.00425. The summed E-state index contributed by atoms with van der Waals surface area (Å²) in [5, 5.41) is 14.7. The van der Waals surface area contributed by atoms with Crippen LogP contribution in [0.2, 0.25) is 0 Å². The third kappa shape index (κ3) is 2.27. The number of fused-ring (bicyclic) bond motifs is 3. The van der Waals surface area contributed by atoms with Gasteiger partial charge in [-0.2, -0.15) is 0 Å². The van der Waals surface area contributed by atoms with Crippen molar-refractivity contribution in [2.75, 3.05) is 0 Å². The molecule has 4 heteroatoms. The van der Waals surface area contributed by atoms with Gasteiger partial charge in [0.15, 0.2) is 0 Å². The maximum atomic E-state index is 10.5. The van der Waals surface area contributed by atoms with Crippen molar-refractivity contribution in [1.82, 2.24) is 4.98 Å². The van der Waals surface area contributed by atoms with Gasteiger partial charge in [0.25, 0.3) is 0 Å². The average molecular weight is 320 g/mol. The van der Waals surface area contributed by atoms with Crippen molar-refractivity contribution >= 4 is 32.3 Å². The van der Waals surface area contributed by atoms with E-state index in [1.54, 1.807) is 17.4 Å². The van der Waals surface area contributed by atoms with Crippen molar-refractivity contribution in [2.45, 2.75) is 13.0 Å². The summed E-state index contributed by atoms with van der Waals surface area (Å²) in [4.78, 5) is 4.53. The average Bonchev–Trinajstić information content (AvgIpc) is 3.03. The van der Waals surface area contributed by atoms with Gasteiger partial charge in [-0.25, -0.2) is 0 Å². The van der Waals surface area contributed by atoms with Crippen LogP contribution in [0.3, 0.4) is 0 Å². The van der Waals surface area contributed by atoms with Gasteiger partial charge in [0, 0.05) is 28.6 Å². The molecule has 0 fully saturated rings. The highest BCUT2D eigenvalue weighted by Gasteiger charge is 2.14. The lowest BCUT2D eigenvalue weighted by atomic mass is 9.96. The van der Waals surface area contributed by atoms with E-state index in [9.17, 15) is 5.11 Å². The van der Waals surface area contributed by atoms with Crippen LogP contribution in [0.1, 0.15) is 18.5 Å². The van der Waals surface area contributed by atoms with E-state index in [1.807, 2.05) is 43.5 Å². The Bertz CT molecular complexity index is 1000. The summed E-state index contributed by atoms with van der Waals surface area (Å²) in [6, 6.07) is 13.7. The molecule has 1 atom stereocenters. The molecular formula is C19H16N2OS. The lowest BCUT2D eigenvalue weighted by Crippen LogP contribution is -2.04. The van der Waals surface area contributed by atoms with Gasteiger partial charge < -0.3 is 10.8 Å².